The van der Waals surface area contributed by atoms with Crippen molar-refractivity contribution in [1.29, 1.82) is 0 Å². The van der Waals surface area contributed by atoms with Gasteiger partial charge < -0.3 is 15.7 Å². The highest BCUT2D eigenvalue weighted by Crippen LogP contribution is 2.22. The van der Waals surface area contributed by atoms with Crippen molar-refractivity contribution in [3.63, 3.8) is 0 Å². The molecule has 1 fully saturated rings. The first-order chi connectivity index (χ1) is 8.99. The molecule has 4 heteroatoms. The molecule has 19 heavy (non-hydrogen) atoms. The first kappa shape index (κ1) is 16.4. The van der Waals surface area contributed by atoms with Crippen LogP contribution in [-0.4, -0.2) is 36.8 Å². The zero-order valence-corrected chi connectivity index (χ0v) is 12.6. The number of rotatable bonds is 7. The van der Waals surface area contributed by atoms with Crippen molar-refractivity contribution in [2.75, 3.05) is 19.6 Å². The number of piperidine rings is 1. The maximum atomic E-state index is 11.8. The van der Waals surface area contributed by atoms with E-state index in [-0.39, 0.29) is 5.91 Å². The van der Waals surface area contributed by atoms with Gasteiger partial charge in [-0.05, 0) is 50.1 Å². The highest BCUT2D eigenvalue weighted by atomic mass is 16.3. The van der Waals surface area contributed by atoms with Crippen LogP contribution in [0.3, 0.4) is 0 Å². The Labute approximate surface area is 117 Å². The Bertz CT molecular complexity index is 263. The third-order valence-electron chi connectivity index (χ3n) is 3.93. The van der Waals surface area contributed by atoms with Crippen molar-refractivity contribution < 1.29 is 9.90 Å². The van der Waals surface area contributed by atoms with Crippen LogP contribution in [0.4, 0.5) is 0 Å². The summed E-state index contributed by atoms with van der Waals surface area (Å²) in [6.07, 6.45) is 3.32. The summed E-state index contributed by atoms with van der Waals surface area (Å²) in [5, 5.41) is 16.0. The second-order valence-corrected chi connectivity index (χ2v) is 6.38. The third kappa shape index (κ3) is 6.92. The van der Waals surface area contributed by atoms with Crippen LogP contribution in [0, 0.1) is 17.8 Å². The molecule has 3 unspecified atom stereocenters. The summed E-state index contributed by atoms with van der Waals surface area (Å²) in [7, 11) is 0. The van der Waals surface area contributed by atoms with Crippen LogP contribution in [0.2, 0.25) is 0 Å². The van der Waals surface area contributed by atoms with Crippen LogP contribution in [-0.2, 0) is 4.79 Å². The lowest BCUT2D eigenvalue weighted by molar-refractivity contribution is -0.122. The van der Waals surface area contributed by atoms with Crippen LogP contribution in [0.25, 0.3) is 0 Å². The highest BCUT2D eigenvalue weighted by molar-refractivity contribution is 5.76. The number of carbonyl (C=O) groups excluding carboxylic acids is 1. The Morgan fingerprint density at radius 1 is 1.42 bits per heavy atom. The van der Waals surface area contributed by atoms with Gasteiger partial charge in [-0.15, -0.1) is 0 Å². The lowest BCUT2D eigenvalue weighted by atomic mass is 9.85. The summed E-state index contributed by atoms with van der Waals surface area (Å²) in [6, 6.07) is 0. The summed E-state index contributed by atoms with van der Waals surface area (Å²) in [5.74, 6) is 1.55. The minimum Gasteiger partial charge on any atom is -0.391 e. The van der Waals surface area contributed by atoms with Gasteiger partial charge in [0.15, 0.2) is 0 Å². The van der Waals surface area contributed by atoms with Crippen molar-refractivity contribution in [2.45, 2.75) is 52.6 Å². The van der Waals surface area contributed by atoms with E-state index in [1.807, 2.05) is 0 Å². The predicted octanol–water partition coefficient (Wildman–Crippen LogP) is 1.54. The predicted molar refractivity (Wildman–Crippen MR) is 77.8 cm³/mol. The maximum absolute atomic E-state index is 11.8. The monoisotopic (exact) mass is 270 g/mol. The standard InChI is InChI=1S/C15H30N2O2/c1-11(2)7-14(18)10-17-15(19)8-12(3)13-5-4-6-16-9-13/h11-14,16,18H,4-10H2,1-3H3,(H,17,19). The molecule has 0 spiro atoms. The van der Waals surface area contributed by atoms with E-state index < -0.39 is 6.10 Å². The van der Waals surface area contributed by atoms with E-state index in [0.717, 1.165) is 19.5 Å². The lowest BCUT2D eigenvalue weighted by Gasteiger charge is -2.28. The molecule has 3 atom stereocenters. The van der Waals surface area contributed by atoms with Crippen molar-refractivity contribution in [2.24, 2.45) is 17.8 Å². The molecular formula is C15H30N2O2. The van der Waals surface area contributed by atoms with Crippen LogP contribution < -0.4 is 10.6 Å². The van der Waals surface area contributed by atoms with Crippen molar-refractivity contribution >= 4 is 5.91 Å². The quantitative estimate of drug-likeness (QED) is 0.657. The van der Waals surface area contributed by atoms with E-state index in [0.29, 0.717) is 30.7 Å². The molecule has 3 N–H and O–H groups in total. The number of aliphatic hydroxyl groups is 1. The van der Waals surface area contributed by atoms with Gasteiger partial charge in [-0.2, -0.15) is 0 Å². The zero-order valence-electron chi connectivity index (χ0n) is 12.6. The average Bonchev–Trinajstić information content (AvgIpc) is 2.36. The number of carbonyl (C=O) groups is 1. The summed E-state index contributed by atoms with van der Waals surface area (Å²) in [5.41, 5.74) is 0. The number of nitrogens with one attached hydrogen (secondary N) is 2. The molecule has 0 aromatic rings. The second-order valence-electron chi connectivity index (χ2n) is 6.38. The molecule has 112 valence electrons. The first-order valence-corrected chi connectivity index (χ1v) is 7.64. The van der Waals surface area contributed by atoms with Gasteiger partial charge in [-0.25, -0.2) is 0 Å². The largest absolute Gasteiger partial charge is 0.391 e. The fourth-order valence-electron chi connectivity index (χ4n) is 2.75. The van der Waals surface area contributed by atoms with Crippen molar-refractivity contribution in [3.05, 3.63) is 0 Å². The van der Waals surface area contributed by atoms with Gasteiger partial charge in [0, 0.05) is 13.0 Å². The third-order valence-corrected chi connectivity index (χ3v) is 3.93. The highest BCUT2D eigenvalue weighted by Gasteiger charge is 2.22. The first-order valence-electron chi connectivity index (χ1n) is 7.64. The Kier molecular flexibility index (Phi) is 7.39. The SMILES string of the molecule is CC(C)CC(O)CNC(=O)CC(C)C1CCCNC1. The topological polar surface area (TPSA) is 61.4 Å². The summed E-state index contributed by atoms with van der Waals surface area (Å²) < 4.78 is 0. The fourth-order valence-corrected chi connectivity index (χ4v) is 2.75. The average molecular weight is 270 g/mol. The molecule has 0 aromatic heterocycles. The van der Waals surface area contributed by atoms with Gasteiger partial charge >= 0.3 is 0 Å². The van der Waals surface area contributed by atoms with Crippen molar-refractivity contribution in [3.8, 4) is 0 Å². The number of amides is 1. The molecular weight excluding hydrogens is 240 g/mol. The van der Waals surface area contributed by atoms with Crippen LogP contribution >= 0.6 is 0 Å². The van der Waals surface area contributed by atoms with E-state index >= 15 is 0 Å². The Hall–Kier alpha value is -0.610. The van der Waals surface area contributed by atoms with Gasteiger partial charge in [0.2, 0.25) is 5.91 Å². The van der Waals surface area contributed by atoms with E-state index in [4.69, 9.17) is 0 Å². The Balaban J connectivity index is 2.19. The Morgan fingerprint density at radius 3 is 2.74 bits per heavy atom. The molecule has 1 saturated heterocycles. The smallest absolute Gasteiger partial charge is 0.220 e. The summed E-state index contributed by atoms with van der Waals surface area (Å²) >= 11 is 0. The van der Waals surface area contributed by atoms with Crippen LogP contribution in [0.1, 0.15) is 46.5 Å². The molecule has 1 rings (SSSR count). The molecule has 1 amide bonds. The molecule has 1 aliphatic heterocycles. The van der Waals surface area contributed by atoms with E-state index in [1.165, 1.54) is 12.8 Å². The molecule has 0 radical (unpaired) electrons. The molecule has 0 aromatic carbocycles. The van der Waals surface area contributed by atoms with Gasteiger partial charge in [0.1, 0.15) is 0 Å². The number of hydrogen-bond donors (Lipinski definition) is 3. The number of aliphatic hydroxyl groups excluding tert-OH is 1. The Morgan fingerprint density at radius 2 is 2.16 bits per heavy atom. The molecule has 0 aliphatic carbocycles. The van der Waals surface area contributed by atoms with E-state index in [2.05, 4.69) is 31.4 Å². The molecule has 0 saturated carbocycles. The molecule has 4 nitrogen and oxygen atoms in total. The normalized spacial score (nSPS) is 23.1. The molecule has 0 bridgehead atoms. The van der Waals surface area contributed by atoms with Gasteiger partial charge in [-0.3, -0.25) is 4.79 Å². The van der Waals surface area contributed by atoms with Crippen molar-refractivity contribution in [1.82, 2.24) is 10.6 Å². The maximum Gasteiger partial charge on any atom is 0.220 e. The van der Waals surface area contributed by atoms with E-state index in [9.17, 15) is 9.90 Å². The minimum atomic E-state index is -0.421. The number of hydrogen-bond acceptors (Lipinski definition) is 3. The van der Waals surface area contributed by atoms with Gasteiger partial charge in [0.25, 0.3) is 0 Å². The fraction of sp³-hybridized carbons (Fsp3) is 0.933. The second kappa shape index (κ2) is 8.54. The van der Waals surface area contributed by atoms with E-state index in [1.54, 1.807) is 0 Å². The lowest BCUT2D eigenvalue weighted by Crippen LogP contribution is -2.37. The minimum absolute atomic E-state index is 0.0703. The van der Waals surface area contributed by atoms with Crippen LogP contribution in [0.15, 0.2) is 0 Å². The molecule has 1 heterocycles. The summed E-state index contributed by atoms with van der Waals surface area (Å²) in [6.45, 7) is 8.82. The summed E-state index contributed by atoms with van der Waals surface area (Å²) in [4.78, 5) is 11.8. The molecule has 1 aliphatic rings. The van der Waals surface area contributed by atoms with Gasteiger partial charge in [0.05, 0.1) is 6.10 Å². The van der Waals surface area contributed by atoms with Crippen LogP contribution in [0.5, 0.6) is 0 Å². The zero-order chi connectivity index (χ0) is 14.3. The van der Waals surface area contributed by atoms with Gasteiger partial charge in [-0.1, -0.05) is 20.8 Å².